The second-order valence-corrected chi connectivity index (χ2v) is 10.1. The number of rotatable bonds is 5. The van der Waals surface area contributed by atoms with Gasteiger partial charge in [0.1, 0.15) is 6.54 Å². The fraction of sp³-hybridized carbons (Fsp3) is 0.185. The maximum Gasteiger partial charge on any atom is 0.352 e. The van der Waals surface area contributed by atoms with Crippen LogP contribution in [-0.4, -0.2) is 32.5 Å². The number of nitrogens with zero attached hydrogens (tertiary/aromatic N) is 5. The van der Waals surface area contributed by atoms with Crippen molar-refractivity contribution >= 4 is 40.8 Å². The molecule has 0 fully saturated rings. The van der Waals surface area contributed by atoms with Gasteiger partial charge in [0.2, 0.25) is 11.9 Å². The summed E-state index contributed by atoms with van der Waals surface area (Å²) in [6, 6.07) is 22.7. The molecular weight excluding hydrogens is 511 g/mol. The highest BCUT2D eigenvalue weighted by Crippen LogP contribution is 2.46. The number of halogens is 2. The van der Waals surface area contributed by atoms with Gasteiger partial charge in [-0.05, 0) is 65.9 Å². The fourth-order valence-corrected chi connectivity index (χ4v) is 5.61. The number of benzene rings is 3. The van der Waals surface area contributed by atoms with E-state index in [2.05, 4.69) is 17.2 Å². The fourth-order valence-electron chi connectivity index (χ4n) is 5.36. The van der Waals surface area contributed by atoms with Crippen molar-refractivity contribution in [3.05, 3.63) is 110 Å². The summed E-state index contributed by atoms with van der Waals surface area (Å²) >= 11 is 12.2. The maximum atomic E-state index is 13.4. The minimum Gasteiger partial charge on any atom is -0.368 e. The average Bonchev–Trinajstić information content (AvgIpc) is 3.55. The molecular formula is C27H22Cl2N6O2. The Hall–Kier alpha value is -3.88. The third-order valence-electron chi connectivity index (χ3n) is 7.02. The van der Waals surface area contributed by atoms with Gasteiger partial charge in [-0.15, -0.1) is 5.10 Å². The van der Waals surface area contributed by atoms with Crippen molar-refractivity contribution in [3.8, 4) is 5.69 Å². The molecule has 0 bridgehead atoms. The molecule has 0 saturated carbocycles. The molecule has 8 nitrogen and oxygen atoms in total. The van der Waals surface area contributed by atoms with E-state index in [1.165, 1.54) is 20.4 Å². The van der Waals surface area contributed by atoms with E-state index in [1.54, 1.807) is 29.3 Å². The van der Waals surface area contributed by atoms with Crippen molar-refractivity contribution in [2.24, 2.45) is 10.8 Å². The van der Waals surface area contributed by atoms with Crippen molar-refractivity contribution < 1.29 is 4.79 Å². The monoisotopic (exact) mass is 532 g/mol. The van der Waals surface area contributed by atoms with Crippen molar-refractivity contribution in [3.63, 3.8) is 0 Å². The van der Waals surface area contributed by atoms with Gasteiger partial charge in [0.05, 0.1) is 23.4 Å². The molecule has 1 aliphatic heterocycles. The van der Waals surface area contributed by atoms with E-state index in [1.807, 2.05) is 36.4 Å². The van der Waals surface area contributed by atoms with Crippen LogP contribution in [0.15, 0.2) is 82.7 Å². The Morgan fingerprint density at radius 2 is 1.65 bits per heavy atom. The molecule has 2 aliphatic rings. The second-order valence-electron chi connectivity index (χ2n) is 9.28. The van der Waals surface area contributed by atoms with Crippen LogP contribution in [0.3, 0.4) is 0 Å². The summed E-state index contributed by atoms with van der Waals surface area (Å²) < 4.78 is 2.50. The number of nitrogens with two attached hydrogens (primary N) is 1. The number of fused-ring (bicyclic) bond motifs is 2. The van der Waals surface area contributed by atoms with Crippen LogP contribution in [0.1, 0.15) is 23.1 Å². The first-order valence-corrected chi connectivity index (χ1v) is 12.6. The number of hydrogen-bond acceptors (Lipinski definition) is 5. The van der Waals surface area contributed by atoms with Crippen LogP contribution in [0.4, 0.5) is 5.95 Å². The van der Waals surface area contributed by atoms with Crippen molar-refractivity contribution in [1.29, 1.82) is 0 Å². The summed E-state index contributed by atoms with van der Waals surface area (Å²) in [5, 5.41) is 12.5. The topological polar surface area (TPSA) is 98.5 Å². The molecule has 2 heterocycles. The predicted octanol–water partition coefficient (Wildman–Crippen LogP) is 3.93. The van der Waals surface area contributed by atoms with Crippen LogP contribution in [0.5, 0.6) is 0 Å². The van der Waals surface area contributed by atoms with Crippen LogP contribution in [0.2, 0.25) is 10.0 Å². The highest BCUT2D eigenvalue weighted by atomic mass is 35.5. The molecule has 186 valence electrons. The van der Waals surface area contributed by atoms with Gasteiger partial charge < -0.3 is 5.73 Å². The van der Waals surface area contributed by atoms with Gasteiger partial charge in [-0.3, -0.25) is 4.79 Å². The number of anilines is 1. The van der Waals surface area contributed by atoms with Crippen molar-refractivity contribution in [1.82, 2.24) is 14.3 Å². The quantitative estimate of drug-likeness (QED) is 0.420. The van der Waals surface area contributed by atoms with Crippen LogP contribution in [0.25, 0.3) is 5.69 Å². The number of aryl methyl sites for hydroxylation is 1. The Labute approximate surface area is 222 Å². The van der Waals surface area contributed by atoms with E-state index >= 15 is 0 Å². The summed E-state index contributed by atoms with van der Waals surface area (Å²) in [5.41, 5.74) is 9.40. The first-order chi connectivity index (χ1) is 17.9. The molecule has 3 aromatic carbocycles. The van der Waals surface area contributed by atoms with Gasteiger partial charge in [0, 0.05) is 10.0 Å². The van der Waals surface area contributed by atoms with Gasteiger partial charge in [-0.1, -0.05) is 59.6 Å². The van der Waals surface area contributed by atoms with E-state index in [-0.39, 0.29) is 12.5 Å². The SMILES string of the molecule is NC(=O)Cn1c(N2C[C@@]3(CCc4ccccc43)C(c3ccc(Cl)cc3)=N2)nn(-c2ccc(Cl)cc2)c1=O. The summed E-state index contributed by atoms with van der Waals surface area (Å²) in [5.74, 6) is -0.410. The van der Waals surface area contributed by atoms with E-state index in [0.717, 1.165) is 24.1 Å². The summed E-state index contributed by atoms with van der Waals surface area (Å²) in [6.07, 6.45) is 1.76. The average molecular weight is 533 g/mol. The minimum absolute atomic E-state index is 0.242. The molecule has 6 rings (SSSR count). The zero-order valence-electron chi connectivity index (χ0n) is 19.6. The Morgan fingerprint density at radius 3 is 2.35 bits per heavy atom. The number of hydrogen-bond donors (Lipinski definition) is 1. The number of primary amides is 1. The van der Waals surface area contributed by atoms with E-state index in [0.29, 0.717) is 22.3 Å². The number of carbonyl (C=O) groups is 1. The maximum absolute atomic E-state index is 13.4. The first-order valence-electron chi connectivity index (χ1n) is 11.8. The zero-order chi connectivity index (χ0) is 25.7. The lowest BCUT2D eigenvalue weighted by Crippen LogP contribution is -2.38. The predicted molar refractivity (Wildman–Crippen MR) is 144 cm³/mol. The molecule has 2 N–H and O–H groups in total. The Balaban J connectivity index is 1.52. The molecule has 1 spiro atoms. The van der Waals surface area contributed by atoms with E-state index in [9.17, 15) is 9.59 Å². The van der Waals surface area contributed by atoms with Crippen molar-refractivity contribution in [2.75, 3.05) is 11.6 Å². The Kier molecular flexibility index (Phi) is 5.66. The standard InChI is InChI=1S/C27H22Cl2N6O2/c28-19-7-5-18(6-8-19)24-27(14-13-17-3-1-2-4-22(17)27)16-34(31-24)25-32-35(21-11-9-20(29)10-12-21)26(37)33(25)15-23(30)36/h1-12H,13-16H2,(H2,30,36)/t27-/m1/s1. The highest BCUT2D eigenvalue weighted by molar-refractivity contribution is 6.31. The smallest absolute Gasteiger partial charge is 0.352 e. The molecule has 10 heteroatoms. The lowest BCUT2D eigenvalue weighted by Gasteiger charge is -2.27. The van der Waals surface area contributed by atoms with Crippen molar-refractivity contribution in [2.45, 2.75) is 24.8 Å². The molecule has 37 heavy (non-hydrogen) atoms. The molecule has 1 aromatic heterocycles. The van der Waals surface area contributed by atoms with Gasteiger partial charge in [-0.2, -0.15) is 9.78 Å². The molecule has 0 radical (unpaired) electrons. The molecule has 4 aromatic rings. The molecule has 1 atom stereocenters. The molecule has 1 aliphatic carbocycles. The van der Waals surface area contributed by atoms with E-state index < -0.39 is 17.0 Å². The number of hydrazone groups is 1. The number of aromatic nitrogens is 3. The highest BCUT2D eigenvalue weighted by Gasteiger charge is 2.49. The zero-order valence-corrected chi connectivity index (χ0v) is 21.2. The van der Waals surface area contributed by atoms with Crippen LogP contribution in [-0.2, 0) is 23.2 Å². The largest absolute Gasteiger partial charge is 0.368 e. The third-order valence-corrected chi connectivity index (χ3v) is 7.53. The minimum atomic E-state index is -0.652. The molecule has 0 saturated heterocycles. The van der Waals surface area contributed by atoms with Gasteiger partial charge in [0.25, 0.3) is 0 Å². The second kappa shape index (κ2) is 8.90. The lowest BCUT2D eigenvalue weighted by molar-refractivity contribution is -0.118. The normalized spacial score (nSPS) is 18.3. The van der Waals surface area contributed by atoms with Crippen LogP contribution < -0.4 is 16.4 Å². The lowest BCUT2D eigenvalue weighted by atomic mass is 9.75. The number of carbonyl (C=O) groups excluding carboxylic acids is 1. The van der Waals surface area contributed by atoms with Gasteiger partial charge >= 0.3 is 5.69 Å². The summed E-state index contributed by atoms with van der Waals surface area (Å²) in [4.78, 5) is 25.4. The van der Waals surface area contributed by atoms with Gasteiger partial charge in [0.15, 0.2) is 0 Å². The summed E-state index contributed by atoms with van der Waals surface area (Å²) in [6.45, 7) is 0.130. The van der Waals surface area contributed by atoms with E-state index in [4.69, 9.17) is 34.0 Å². The van der Waals surface area contributed by atoms with Crippen LogP contribution in [0, 0.1) is 0 Å². The first kappa shape index (κ1) is 23.5. The Bertz CT molecular complexity index is 1610. The molecule has 1 amide bonds. The Morgan fingerprint density at radius 1 is 0.973 bits per heavy atom. The summed E-state index contributed by atoms with van der Waals surface area (Å²) in [7, 11) is 0. The number of amides is 1. The van der Waals surface area contributed by atoms with Gasteiger partial charge in [-0.25, -0.2) is 14.4 Å². The van der Waals surface area contributed by atoms with Crippen LogP contribution >= 0.6 is 23.2 Å². The molecule has 0 unspecified atom stereocenters. The third kappa shape index (κ3) is 3.93.